The Labute approximate surface area is 129 Å². The highest BCUT2D eigenvalue weighted by molar-refractivity contribution is 5.71. The van der Waals surface area contributed by atoms with Gasteiger partial charge in [0, 0.05) is 32.6 Å². The number of imidazole rings is 1. The number of hydrogen-bond acceptors (Lipinski definition) is 4. The Bertz CT molecular complexity index is 780. The van der Waals surface area contributed by atoms with Crippen LogP contribution in [-0.4, -0.2) is 25.2 Å². The molecule has 0 fully saturated rings. The van der Waals surface area contributed by atoms with E-state index in [0.29, 0.717) is 30.8 Å². The van der Waals surface area contributed by atoms with Crippen molar-refractivity contribution in [2.24, 2.45) is 12.8 Å². The molecule has 2 aromatic heterocycles. The van der Waals surface area contributed by atoms with Crippen molar-refractivity contribution in [2.45, 2.75) is 52.6 Å². The number of rotatable bonds is 6. The van der Waals surface area contributed by atoms with Crippen LogP contribution in [0, 0.1) is 0 Å². The third-order valence-corrected chi connectivity index (χ3v) is 4.28. The molecule has 2 rings (SSSR count). The number of nitrogens with zero attached hydrogens (tertiary/aromatic N) is 4. The van der Waals surface area contributed by atoms with Gasteiger partial charge in [0.15, 0.2) is 11.2 Å². The summed E-state index contributed by atoms with van der Waals surface area (Å²) in [6, 6.07) is 0. The Balaban J connectivity index is 2.94. The van der Waals surface area contributed by atoms with Crippen LogP contribution in [0.25, 0.3) is 11.2 Å². The molecule has 0 aromatic carbocycles. The number of fused-ring (bicyclic) bond motifs is 1. The molecule has 0 bridgehead atoms. The lowest BCUT2D eigenvalue weighted by atomic mass is 10.0. The zero-order valence-corrected chi connectivity index (χ0v) is 13.8. The molecular weight excluding hydrogens is 282 g/mol. The Morgan fingerprint density at radius 3 is 2.27 bits per heavy atom. The first kappa shape index (κ1) is 16.5. The van der Waals surface area contributed by atoms with Crippen LogP contribution in [0.4, 0.5) is 0 Å². The molecule has 122 valence electrons. The molecule has 0 amide bonds. The summed E-state index contributed by atoms with van der Waals surface area (Å²) in [7, 11) is 1.66. The van der Waals surface area contributed by atoms with Gasteiger partial charge in [-0.05, 0) is 19.8 Å². The molecule has 2 aromatic rings. The number of hydrogen-bond donors (Lipinski definition) is 1. The van der Waals surface area contributed by atoms with Gasteiger partial charge in [-0.2, -0.15) is 0 Å². The van der Waals surface area contributed by atoms with E-state index in [1.54, 1.807) is 14.0 Å². The van der Waals surface area contributed by atoms with Gasteiger partial charge >= 0.3 is 5.69 Å². The number of nitrogens with two attached hydrogens (primary N) is 1. The van der Waals surface area contributed by atoms with E-state index >= 15 is 0 Å². The molecule has 22 heavy (non-hydrogen) atoms. The minimum absolute atomic E-state index is 0.253. The van der Waals surface area contributed by atoms with Crippen molar-refractivity contribution in [3.8, 4) is 0 Å². The van der Waals surface area contributed by atoms with Gasteiger partial charge in [0.25, 0.3) is 5.56 Å². The maximum Gasteiger partial charge on any atom is 0.332 e. The van der Waals surface area contributed by atoms with Crippen molar-refractivity contribution in [1.29, 1.82) is 0 Å². The Morgan fingerprint density at radius 1 is 1.14 bits per heavy atom. The van der Waals surface area contributed by atoms with Gasteiger partial charge in [-0.15, -0.1) is 0 Å². The predicted octanol–water partition coefficient (Wildman–Crippen LogP) is 0.779. The van der Waals surface area contributed by atoms with E-state index < -0.39 is 0 Å². The van der Waals surface area contributed by atoms with Gasteiger partial charge < -0.3 is 10.3 Å². The van der Waals surface area contributed by atoms with E-state index in [4.69, 9.17) is 5.73 Å². The van der Waals surface area contributed by atoms with Crippen molar-refractivity contribution in [3.63, 3.8) is 0 Å². The highest BCUT2D eigenvalue weighted by atomic mass is 16.2. The van der Waals surface area contributed by atoms with Gasteiger partial charge in [0.05, 0.1) is 0 Å². The standard InChI is InChI=1S/C15H25N5O2/c1-5-10(6-2)12-17-13-11(20(12)9-8-16)14(21)19(7-3)15(22)18(13)4/h10H,5-9,16H2,1-4H3. The van der Waals surface area contributed by atoms with Crippen LogP contribution < -0.4 is 17.0 Å². The molecule has 0 radical (unpaired) electrons. The Kier molecular flexibility index (Phi) is 4.85. The average molecular weight is 307 g/mol. The van der Waals surface area contributed by atoms with Gasteiger partial charge in [-0.25, -0.2) is 9.78 Å². The number of aromatic nitrogens is 4. The van der Waals surface area contributed by atoms with E-state index in [2.05, 4.69) is 18.8 Å². The van der Waals surface area contributed by atoms with E-state index in [1.807, 2.05) is 4.57 Å². The zero-order chi connectivity index (χ0) is 16.4. The summed E-state index contributed by atoms with van der Waals surface area (Å²) in [6.45, 7) is 7.29. The quantitative estimate of drug-likeness (QED) is 0.854. The summed E-state index contributed by atoms with van der Waals surface area (Å²) < 4.78 is 4.60. The van der Waals surface area contributed by atoms with E-state index in [0.717, 1.165) is 18.7 Å². The molecule has 0 saturated carbocycles. The monoisotopic (exact) mass is 307 g/mol. The molecular formula is C15H25N5O2. The molecule has 0 unspecified atom stereocenters. The summed E-state index contributed by atoms with van der Waals surface area (Å²) in [5.74, 6) is 1.11. The summed E-state index contributed by atoms with van der Waals surface area (Å²) >= 11 is 0. The fourth-order valence-electron chi connectivity index (χ4n) is 2.99. The molecule has 0 spiro atoms. The van der Waals surface area contributed by atoms with Crippen molar-refractivity contribution in [1.82, 2.24) is 18.7 Å². The SMILES string of the molecule is CCC(CC)c1nc2c(c(=O)n(CC)c(=O)n2C)n1CCN. The lowest BCUT2D eigenvalue weighted by Crippen LogP contribution is -2.39. The van der Waals surface area contributed by atoms with Gasteiger partial charge in [0.2, 0.25) is 0 Å². The summed E-state index contributed by atoms with van der Waals surface area (Å²) in [6.07, 6.45) is 1.86. The van der Waals surface area contributed by atoms with Crippen LogP contribution in [0.2, 0.25) is 0 Å². The molecule has 7 nitrogen and oxygen atoms in total. The normalized spacial score (nSPS) is 11.7. The maximum atomic E-state index is 12.7. The summed E-state index contributed by atoms with van der Waals surface area (Å²) in [5.41, 5.74) is 6.06. The Morgan fingerprint density at radius 2 is 1.77 bits per heavy atom. The molecule has 7 heteroatoms. The third kappa shape index (κ3) is 2.39. The first-order chi connectivity index (χ1) is 10.5. The minimum Gasteiger partial charge on any atom is -0.329 e. The van der Waals surface area contributed by atoms with Gasteiger partial charge in [0.1, 0.15) is 5.82 Å². The largest absolute Gasteiger partial charge is 0.332 e. The lowest BCUT2D eigenvalue weighted by Gasteiger charge is -2.14. The van der Waals surface area contributed by atoms with Crippen LogP contribution in [0.15, 0.2) is 9.59 Å². The number of aryl methyl sites for hydroxylation is 1. The summed E-state index contributed by atoms with van der Waals surface area (Å²) in [4.78, 5) is 29.6. The predicted molar refractivity (Wildman–Crippen MR) is 87.3 cm³/mol. The van der Waals surface area contributed by atoms with Gasteiger partial charge in [-0.1, -0.05) is 13.8 Å². The smallest absolute Gasteiger partial charge is 0.329 e. The third-order valence-electron chi connectivity index (χ3n) is 4.28. The molecule has 2 N–H and O–H groups in total. The minimum atomic E-state index is -0.325. The highest BCUT2D eigenvalue weighted by Crippen LogP contribution is 2.24. The lowest BCUT2D eigenvalue weighted by molar-refractivity contribution is 0.555. The molecule has 0 aliphatic carbocycles. The maximum absolute atomic E-state index is 12.7. The molecule has 0 aliphatic rings. The van der Waals surface area contributed by atoms with Crippen LogP contribution in [0.5, 0.6) is 0 Å². The van der Waals surface area contributed by atoms with E-state index in [9.17, 15) is 9.59 Å². The molecule has 0 atom stereocenters. The van der Waals surface area contributed by atoms with E-state index in [1.165, 1.54) is 9.13 Å². The molecule has 0 aliphatic heterocycles. The van der Waals surface area contributed by atoms with Gasteiger partial charge in [-0.3, -0.25) is 13.9 Å². The van der Waals surface area contributed by atoms with Crippen LogP contribution in [0.3, 0.4) is 0 Å². The summed E-state index contributed by atoms with van der Waals surface area (Å²) in [5, 5.41) is 0. The first-order valence-corrected chi connectivity index (χ1v) is 7.91. The Hall–Kier alpha value is -1.89. The van der Waals surface area contributed by atoms with Crippen molar-refractivity contribution in [3.05, 3.63) is 26.7 Å². The zero-order valence-electron chi connectivity index (χ0n) is 13.8. The second kappa shape index (κ2) is 6.48. The fraction of sp³-hybridized carbons (Fsp3) is 0.667. The second-order valence-electron chi connectivity index (χ2n) is 5.49. The van der Waals surface area contributed by atoms with Crippen molar-refractivity contribution in [2.75, 3.05) is 6.54 Å². The van der Waals surface area contributed by atoms with Crippen LogP contribution in [0.1, 0.15) is 45.4 Å². The molecule has 0 saturated heterocycles. The highest BCUT2D eigenvalue weighted by Gasteiger charge is 2.22. The molecule has 2 heterocycles. The van der Waals surface area contributed by atoms with Crippen molar-refractivity contribution >= 4 is 11.2 Å². The van der Waals surface area contributed by atoms with Crippen LogP contribution >= 0.6 is 0 Å². The average Bonchev–Trinajstić information content (AvgIpc) is 2.87. The second-order valence-corrected chi connectivity index (χ2v) is 5.49. The topological polar surface area (TPSA) is 87.8 Å². The van der Waals surface area contributed by atoms with Crippen molar-refractivity contribution < 1.29 is 0 Å². The fourth-order valence-corrected chi connectivity index (χ4v) is 2.99. The van der Waals surface area contributed by atoms with Crippen LogP contribution in [-0.2, 0) is 20.1 Å². The first-order valence-electron chi connectivity index (χ1n) is 7.91. The van der Waals surface area contributed by atoms with E-state index in [-0.39, 0.29) is 17.2 Å².